The van der Waals surface area contributed by atoms with Gasteiger partial charge in [0, 0.05) is 93.6 Å². The van der Waals surface area contributed by atoms with E-state index in [1.165, 1.54) is 0 Å². The fourth-order valence-corrected chi connectivity index (χ4v) is 0. The summed E-state index contributed by atoms with van der Waals surface area (Å²) in [5.74, 6) is 0. The zero-order chi connectivity index (χ0) is 0. The fourth-order valence-electron chi connectivity index (χ4n) is 0. The molecule has 0 aliphatic heterocycles. The first-order chi connectivity index (χ1) is 0. The van der Waals surface area contributed by atoms with E-state index in [2.05, 4.69) is 0 Å². The molecular formula is H3Cd2Te2Zn2. The molecule has 0 nitrogen and oxygen atoms in total. The van der Waals surface area contributed by atoms with Crippen LogP contribution in [-0.2, 0) is 93.6 Å². The molecule has 0 spiro atoms. The average molecular weight is 614 g/mol. The quantitative estimate of drug-likeness (QED) is 0.290. The molecule has 1 radical (unpaired) electrons. The predicted octanol–water partition coefficient (Wildman–Crippen LogP) is -1.57. The molecule has 0 N–H and O–H groups in total. The minimum atomic E-state index is 0. The number of hydrogen-bond acceptors (Lipinski definition) is 0. The molecule has 23 valence electrons. The van der Waals surface area contributed by atoms with Crippen LogP contribution >= 0.6 is 0 Å². The van der Waals surface area contributed by atoms with Crippen molar-refractivity contribution < 1.29 is 93.6 Å². The van der Waals surface area contributed by atoms with Gasteiger partial charge in [-0.3, -0.25) is 0 Å². The van der Waals surface area contributed by atoms with Gasteiger partial charge in [0.05, 0.1) is 0 Å². The first-order valence-corrected chi connectivity index (χ1v) is 0. The van der Waals surface area contributed by atoms with E-state index in [0.717, 1.165) is 0 Å². The van der Waals surface area contributed by atoms with Crippen LogP contribution in [0.15, 0.2) is 0 Å². The van der Waals surface area contributed by atoms with Crippen LogP contribution in [-0.4, -0.2) is 47.3 Å². The van der Waals surface area contributed by atoms with Crippen LogP contribution < -0.4 is 0 Å². The second-order valence-electron chi connectivity index (χ2n) is 0. The van der Waals surface area contributed by atoms with Crippen molar-refractivity contribution in [2.24, 2.45) is 0 Å². The van der Waals surface area contributed by atoms with Gasteiger partial charge < -0.3 is 0 Å². The largest absolute Gasteiger partial charge is 0 e. The fraction of sp³-hybridized carbons (Fsp3) is 0. The minimum Gasteiger partial charge on any atom is 0 e. The zero-order valence-corrected chi connectivity index (χ0v) is 23.2. The third-order valence-corrected chi connectivity index (χ3v) is 0. The van der Waals surface area contributed by atoms with Crippen molar-refractivity contribution in [3.05, 3.63) is 0 Å². The second-order valence-corrected chi connectivity index (χ2v) is 0. The Morgan fingerprint density at radius 1 is 0.667 bits per heavy atom. The van der Waals surface area contributed by atoms with Crippen molar-refractivity contribution >= 4 is 47.3 Å². The molecule has 0 aliphatic carbocycles. The van der Waals surface area contributed by atoms with E-state index in [1.54, 1.807) is 0 Å². The van der Waals surface area contributed by atoms with Gasteiger partial charge in [-0.2, -0.15) is 0 Å². The summed E-state index contributed by atoms with van der Waals surface area (Å²) in [5.41, 5.74) is 0. The smallest absolute Gasteiger partial charge is 0 e. The molecule has 0 rings (SSSR count). The Morgan fingerprint density at radius 2 is 0.667 bits per heavy atom. The number of rotatable bonds is 0. The van der Waals surface area contributed by atoms with Crippen molar-refractivity contribution in [1.29, 1.82) is 0 Å². The van der Waals surface area contributed by atoms with Gasteiger partial charge >= 0.3 is 47.3 Å². The minimum absolute atomic E-state index is 0. The zero-order valence-electron chi connectivity index (χ0n) is 3.78. The van der Waals surface area contributed by atoms with E-state index in [9.17, 15) is 0 Å². The molecule has 0 saturated carbocycles. The Kier molecular flexibility index (Phi) is 254. The van der Waals surface area contributed by atoms with E-state index < -0.39 is 0 Å². The summed E-state index contributed by atoms with van der Waals surface area (Å²) in [6.45, 7) is 0. The van der Waals surface area contributed by atoms with Crippen molar-refractivity contribution in [3.8, 4) is 0 Å². The van der Waals surface area contributed by atoms with Gasteiger partial charge in [-0.1, -0.05) is 0 Å². The second kappa shape index (κ2) is 33.3. The van der Waals surface area contributed by atoms with Crippen LogP contribution in [0.5, 0.6) is 0 Å². The first kappa shape index (κ1) is 45.7. The molecule has 0 heterocycles. The molecule has 0 bridgehead atoms. The standard InChI is InChI=1S/2Cd.H2Te.HTe.2Zn/h;;1H2;1H;;. The van der Waals surface area contributed by atoms with Gasteiger partial charge in [0.2, 0.25) is 0 Å². The van der Waals surface area contributed by atoms with Gasteiger partial charge in [0.15, 0.2) is 0 Å². The molecule has 0 unspecified atom stereocenters. The van der Waals surface area contributed by atoms with Gasteiger partial charge in [-0.05, 0) is 0 Å². The molecule has 0 aromatic heterocycles. The topological polar surface area (TPSA) is 0 Å². The molecule has 0 aliphatic rings. The van der Waals surface area contributed by atoms with E-state index in [1.807, 2.05) is 0 Å². The Labute approximate surface area is 137 Å². The van der Waals surface area contributed by atoms with Gasteiger partial charge in [0.25, 0.3) is 0 Å². The van der Waals surface area contributed by atoms with Crippen molar-refractivity contribution in [2.45, 2.75) is 0 Å². The summed E-state index contributed by atoms with van der Waals surface area (Å²) in [6.07, 6.45) is 0. The normalized spacial score (nSPS) is 0. The third-order valence-electron chi connectivity index (χ3n) is 0. The van der Waals surface area contributed by atoms with Crippen LogP contribution in [0, 0.1) is 0 Å². The van der Waals surface area contributed by atoms with E-state index in [4.69, 9.17) is 0 Å². The molecular weight excluding hydrogens is 611 g/mol. The molecule has 0 aromatic rings. The van der Waals surface area contributed by atoms with E-state index in [0.29, 0.717) is 0 Å². The van der Waals surface area contributed by atoms with Gasteiger partial charge in [-0.15, -0.1) is 0 Å². The maximum atomic E-state index is 0. The van der Waals surface area contributed by atoms with Crippen LogP contribution in [0.4, 0.5) is 0 Å². The molecule has 0 amide bonds. The molecule has 0 fully saturated rings. The summed E-state index contributed by atoms with van der Waals surface area (Å²) in [7, 11) is 0. The third kappa shape index (κ3) is 23.4. The maximum Gasteiger partial charge on any atom is 0 e. The Morgan fingerprint density at radius 3 is 0.667 bits per heavy atom. The molecule has 0 saturated heterocycles. The Balaban J connectivity index is 0. The van der Waals surface area contributed by atoms with Crippen LogP contribution in [0.25, 0.3) is 0 Å². The number of hydrogen-bond donors (Lipinski definition) is 0. The van der Waals surface area contributed by atoms with Gasteiger partial charge in [0.1, 0.15) is 0 Å². The van der Waals surface area contributed by atoms with Crippen LogP contribution in [0.2, 0.25) is 0 Å². The van der Waals surface area contributed by atoms with E-state index >= 15 is 0 Å². The summed E-state index contributed by atoms with van der Waals surface area (Å²) in [4.78, 5) is 0. The summed E-state index contributed by atoms with van der Waals surface area (Å²) in [6, 6.07) is 0. The first-order valence-electron chi connectivity index (χ1n) is 0. The molecule has 0 aromatic carbocycles. The predicted molar refractivity (Wildman–Crippen MR) is 15.7 cm³/mol. The molecule has 6 heavy (non-hydrogen) atoms. The van der Waals surface area contributed by atoms with Crippen LogP contribution in [0.1, 0.15) is 0 Å². The maximum absolute atomic E-state index is 0. The van der Waals surface area contributed by atoms with Crippen molar-refractivity contribution in [2.75, 3.05) is 0 Å². The van der Waals surface area contributed by atoms with Crippen molar-refractivity contribution in [1.82, 2.24) is 0 Å². The summed E-state index contributed by atoms with van der Waals surface area (Å²) < 4.78 is 0. The Hall–Kier alpha value is 4.67. The van der Waals surface area contributed by atoms with Crippen molar-refractivity contribution in [3.63, 3.8) is 0 Å². The Bertz CT molecular complexity index is 9.51. The summed E-state index contributed by atoms with van der Waals surface area (Å²) in [5, 5.41) is 0. The SMILES string of the molecule is [Cd].[Cd].[TeH2].[TeH].[Zn].[Zn]. The molecule has 6 heteroatoms. The monoisotopic (exact) mass is 619 g/mol. The van der Waals surface area contributed by atoms with Gasteiger partial charge in [-0.25, -0.2) is 0 Å². The average Bonchev–Trinajstić information content (AvgIpc) is 0. The van der Waals surface area contributed by atoms with E-state index in [-0.39, 0.29) is 141 Å². The van der Waals surface area contributed by atoms with Crippen LogP contribution in [0.3, 0.4) is 0 Å². The molecule has 0 atom stereocenters. The summed E-state index contributed by atoms with van der Waals surface area (Å²) >= 11 is 0.